The molecule has 0 fully saturated rings. The molecule has 0 saturated heterocycles. The lowest BCUT2D eigenvalue weighted by atomic mass is 9.84. The van der Waals surface area contributed by atoms with Gasteiger partial charge < -0.3 is 11.1 Å². The zero-order valence-corrected chi connectivity index (χ0v) is 14.2. The zero-order valence-electron chi connectivity index (χ0n) is 14.2. The van der Waals surface area contributed by atoms with E-state index in [1.807, 2.05) is 18.2 Å². The first-order chi connectivity index (χ1) is 11.0. The fraction of sp³-hybridized carbons (Fsp3) is 0.368. The highest BCUT2D eigenvalue weighted by Crippen LogP contribution is 2.23. The Kier molecular flexibility index (Phi) is 5.74. The van der Waals surface area contributed by atoms with Gasteiger partial charge in [-0.05, 0) is 24.6 Å². The van der Waals surface area contributed by atoms with Crippen molar-refractivity contribution >= 4 is 5.96 Å². The van der Waals surface area contributed by atoms with Crippen molar-refractivity contribution in [1.29, 1.82) is 0 Å². The number of aryl methyl sites for hydroxylation is 1. The van der Waals surface area contributed by atoms with Crippen LogP contribution >= 0.6 is 0 Å². The molecule has 1 aromatic heterocycles. The van der Waals surface area contributed by atoms with Gasteiger partial charge in [0.15, 0.2) is 5.96 Å². The maximum Gasteiger partial charge on any atom is 0.188 e. The molecule has 4 nitrogen and oxygen atoms in total. The molecule has 0 atom stereocenters. The molecule has 0 bridgehead atoms. The van der Waals surface area contributed by atoms with Gasteiger partial charge in [0.05, 0.1) is 6.54 Å². The largest absolute Gasteiger partial charge is 0.370 e. The first kappa shape index (κ1) is 17.0. The highest BCUT2D eigenvalue weighted by molar-refractivity contribution is 5.77. The van der Waals surface area contributed by atoms with E-state index in [1.54, 1.807) is 6.20 Å². The van der Waals surface area contributed by atoms with Crippen molar-refractivity contribution in [2.75, 3.05) is 13.1 Å². The second-order valence-corrected chi connectivity index (χ2v) is 6.45. The van der Waals surface area contributed by atoms with Crippen LogP contribution in [0.2, 0.25) is 0 Å². The normalized spacial score (nSPS) is 12.2. The molecule has 0 unspecified atom stereocenters. The number of aromatic nitrogens is 1. The Morgan fingerprint density at radius 2 is 1.91 bits per heavy atom. The van der Waals surface area contributed by atoms with E-state index in [0.717, 1.165) is 18.7 Å². The van der Waals surface area contributed by atoms with Gasteiger partial charge in [0, 0.05) is 30.3 Å². The Morgan fingerprint density at radius 3 is 2.57 bits per heavy atom. The number of benzene rings is 1. The first-order valence-corrected chi connectivity index (χ1v) is 7.98. The third-order valence-electron chi connectivity index (χ3n) is 3.89. The van der Waals surface area contributed by atoms with Gasteiger partial charge in [-0.1, -0.05) is 49.7 Å². The molecule has 23 heavy (non-hydrogen) atoms. The Morgan fingerprint density at radius 1 is 1.17 bits per heavy atom. The van der Waals surface area contributed by atoms with E-state index < -0.39 is 0 Å². The average Bonchev–Trinajstić information content (AvgIpc) is 2.54. The molecule has 0 radical (unpaired) electrons. The summed E-state index contributed by atoms with van der Waals surface area (Å²) in [4.78, 5) is 8.78. The summed E-state index contributed by atoms with van der Waals surface area (Å²) in [5, 5.41) is 3.15. The van der Waals surface area contributed by atoms with Crippen molar-refractivity contribution in [2.24, 2.45) is 10.7 Å². The molecule has 3 N–H and O–H groups in total. The van der Waals surface area contributed by atoms with E-state index in [9.17, 15) is 0 Å². The average molecular weight is 310 g/mol. The summed E-state index contributed by atoms with van der Waals surface area (Å²) in [6.07, 6.45) is 2.63. The molecular formula is C19H26N4. The number of rotatable bonds is 6. The van der Waals surface area contributed by atoms with Crippen molar-refractivity contribution in [3.8, 4) is 0 Å². The fourth-order valence-corrected chi connectivity index (χ4v) is 2.30. The van der Waals surface area contributed by atoms with Crippen LogP contribution in [0.4, 0.5) is 0 Å². The fourth-order valence-electron chi connectivity index (χ4n) is 2.30. The van der Waals surface area contributed by atoms with Crippen LogP contribution in [0.15, 0.2) is 53.7 Å². The smallest absolute Gasteiger partial charge is 0.188 e. The van der Waals surface area contributed by atoms with Crippen molar-refractivity contribution in [3.05, 3.63) is 65.5 Å². The number of guanidine groups is 1. The van der Waals surface area contributed by atoms with Crippen LogP contribution in [-0.4, -0.2) is 24.0 Å². The quantitative estimate of drug-likeness (QED) is 0.637. The van der Waals surface area contributed by atoms with E-state index in [-0.39, 0.29) is 5.41 Å². The minimum absolute atomic E-state index is 0.0407. The van der Waals surface area contributed by atoms with E-state index in [2.05, 4.69) is 60.3 Å². The molecule has 1 aromatic carbocycles. The topological polar surface area (TPSA) is 63.3 Å². The summed E-state index contributed by atoms with van der Waals surface area (Å²) in [6.45, 7) is 7.85. The summed E-state index contributed by atoms with van der Waals surface area (Å²) < 4.78 is 0. The number of hydrogen-bond donors (Lipinski definition) is 2. The van der Waals surface area contributed by atoms with Gasteiger partial charge in [-0.3, -0.25) is 9.98 Å². The molecule has 1 heterocycles. The van der Waals surface area contributed by atoms with Gasteiger partial charge in [-0.2, -0.15) is 0 Å². The van der Waals surface area contributed by atoms with Gasteiger partial charge in [-0.25, -0.2) is 0 Å². The summed E-state index contributed by atoms with van der Waals surface area (Å²) >= 11 is 0. The van der Waals surface area contributed by atoms with Gasteiger partial charge in [0.2, 0.25) is 0 Å². The van der Waals surface area contributed by atoms with Crippen LogP contribution in [-0.2, 0) is 11.8 Å². The van der Waals surface area contributed by atoms with E-state index in [0.29, 0.717) is 12.5 Å². The number of hydrogen-bond acceptors (Lipinski definition) is 2. The van der Waals surface area contributed by atoms with Crippen LogP contribution in [0.25, 0.3) is 0 Å². The van der Waals surface area contributed by atoms with Crippen LogP contribution in [0, 0.1) is 6.92 Å². The lowest BCUT2D eigenvalue weighted by molar-refractivity contribution is 0.538. The van der Waals surface area contributed by atoms with Crippen LogP contribution in [0.5, 0.6) is 0 Å². The molecule has 4 heteroatoms. The van der Waals surface area contributed by atoms with Crippen LogP contribution in [0.1, 0.15) is 30.7 Å². The van der Waals surface area contributed by atoms with Gasteiger partial charge in [-0.15, -0.1) is 0 Å². The second-order valence-electron chi connectivity index (χ2n) is 6.45. The van der Waals surface area contributed by atoms with Crippen LogP contribution < -0.4 is 11.1 Å². The lowest BCUT2D eigenvalue weighted by Gasteiger charge is -2.23. The summed E-state index contributed by atoms with van der Waals surface area (Å²) in [6, 6.07) is 14.5. The van der Waals surface area contributed by atoms with E-state index in [4.69, 9.17) is 5.73 Å². The van der Waals surface area contributed by atoms with Crippen molar-refractivity contribution < 1.29 is 0 Å². The minimum atomic E-state index is -0.0407. The predicted octanol–water partition coefficient (Wildman–Crippen LogP) is 2.81. The monoisotopic (exact) mass is 310 g/mol. The highest BCUT2D eigenvalue weighted by Gasteiger charge is 2.19. The second kappa shape index (κ2) is 7.77. The highest BCUT2D eigenvalue weighted by atomic mass is 15.1. The molecule has 122 valence electrons. The molecule has 0 aliphatic rings. The van der Waals surface area contributed by atoms with Crippen molar-refractivity contribution in [3.63, 3.8) is 0 Å². The Balaban J connectivity index is 1.84. The van der Waals surface area contributed by atoms with Crippen LogP contribution in [0.3, 0.4) is 0 Å². The third kappa shape index (κ3) is 5.40. The molecular weight excluding hydrogens is 284 g/mol. The number of nitrogens with two attached hydrogens (primary N) is 1. The van der Waals surface area contributed by atoms with Crippen molar-refractivity contribution in [2.45, 2.75) is 32.6 Å². The molecule has 0 aliphatic heterocycles. The predicted molar refractivity (Wildman–Crippen MR) is 96.6 cm³/mol. The Labute approximate surface area is 138 Å². The molecule has 2 aromatic rings. The van der Waals surface area contributed by atoms with E-state index >= 15 is 0 Å². The van der Waals surface area contributed by atoms with Gasteiger partial charge >= 0.3 is 0 Å². The Hall–Kier alpha value is -2.36. The molecule has 0 aliphatic carbocycles. The zero-order chi connectivity index (χ0) is 16.7. The first-order valence-electron chi connectivity index (χ1n) is 7.98. The number of nitrogens with zero attached hydrogens (tertiary/aromatic N) is 2. The lowest BCUT2D eigenvalue weighted by Crippen LogP contribution is -2.35. The van der Waals surface area contributed by atoms with Gasteiger partial charge in [0.1, 0.15) is 0 Å². The molecule has 0 spiro atoms. The molecule has 2 rings (SSSR count). The number of aliphatic imine (C=N–C) groups is 1. The molecule has 0 amide bonds. The maximum atomic E-state index is 5.97. The van der Waals surface area contributed by atoms with Gasteiger partial charge in [0.25, 0.3) is 0 Å². The SMILES string of the molecule is Cc1ccc(C(C)(C)CN=C(N)NCCc2ccccn2)cc1. The minimum Gasteiger partial charge on any atom is -0.370 e. The van der Waals surface area contributed by atoms with E-state index in [1.165, 1.54) is 11.1 Å². The number of nitrogens with one attached hydrogen (secondary N) is 1. The third-order valence-corrected chi connectivity index (χ3v) is 3.89. The number of pyridine rings is 1. The molecule has 0 saturated carbocycles. The summed E-state index contributed by atoms with van der Waals surface area (Å²) in [5.41, 5.74) is 9.51. The Bertz CT molecular complexity index is 630. The summed E-state index contributed by atoms with van der Waals surface area (Å²) in [7, 11) is 0. The maximum absolute atomic E-state index is 5.97. The standard InChI is InChI=1S/C19H26N4/c1-15-7-9-16(10-8-15)19(2,3)14-23-18(20)22-13-11-17-6-4-5-12-21-17/h4-10,12H,11,13-14H2,1-3H3,(H3,20,22,23). The summed E-state index contributed by atoms with van der Waals surface area (Å²) in [5.74, 6) is 0.487. The van der Waals surface area contributed by atoms with Crippen molar-refractivity contribution in [1.82, 2.24) is 10.3 Å².